The Hall–Kier alpha value is -2.48. The summed E-state index contributed by atoms with van der Waals surface area (Å²) in [5, 5.41) is 8.69. The van der Waals surface area contributed by atoms with Gasteiger partial charge in [0.2, 0.25) is 10.0 Å². The summed E-state index contributed by atoms with van der Waals surface area (Å²) in [6.45, 7) is 3.88. The molecule has 2 N–H and O–H groups in total. The fraction of sp³-hybridized carbons (Fsp3) is 0.400. The molecule has 5 rings (SSSR count). The Bertz CT molecular complexity index is 1180. The van der Waals surface area contributed by atoms with Gasteiger partial charge in [-0.1, -0.05) is 54.4 Å². The van der Waals surface area contributed by atoms with Crippen LogP contribution in [-0.2, 0) is 28.4 Å². The average molecular weight is 451 g/mol. The van der Waals surface area contributed by atoms with Crippen molar-refractivity contribution >= 4 is 10.0 Å². The predicted octanol–water partition coefficient (Wildman–Crippen LogP) is 3.48. The highest BCUT2D eigenvalue weighted by Crippen LogP contribution is 2.53. The van der Waals surface area contributed by atoms with Gasteiger partial charge in [-0.25, -0.2) is 13.1 Å². The van der Waals surface area contributed by atoms with Gasteiger partial charge in [-0.3, -0.25) is 4.68 Å². The lowest BCUT2D eigenvalue weighted by Crippen LogP contribution is -2.49. The Kier molecular flexibility index (Phi) is 5.65. The van der Waals surface area contributed by atoms with Crippen molar-refractivity contribution < 1.29 is 8.42 Å². The monoisotopic (exact) mass is 450 g/mol. The van der Waals surface area contributed by atoms with Gasteiger partial charge in [0.05, 0.1) is 23.2 Å². The van der Waals surface area contributed by atoms with Crippen molar-refractivity contribution in [3.8, 4) is 0 Å². The van der Waals surface area contributed by atoms with Gasteiger partial charge in [0.1, 0.15) is 0 Å². The average Bonchev–Trinajstić information content (AvgIpc) is 3.18. The Morgan fingerprint density at radius 1 is 1.12 bits per heavy atom. The third kappa shape index (κ3) is 3.89. The van der Waals surface area contributed by atoms with Crippen LogP contribution in [-0.4, -0.2) is 31.3 Å². The van der Waals surface area contributed by atoms with Gasteiger partial charge in [0.25, 0.3) is 0 Å². The highest BCUT2D eigenvalue weighted by molar-refractivity contribution is 7.89. The van der Waals surface area contributed by atoms with Crippen molar-refractivity contribution in [3.05, 3.63) is 83.2 Å². The van der Waals surface area contributed by atoms with E-state index in [4.69, 9.17) is 5.10 Å². The molecule has 0 spiro atoms. The molecule has 0 amide bonds. The first-order valence-corrected chi connectivity index (χ1v) is 12.9. The van der Waals surface area contributed by atoms with E-state index in [1.807, 2.05) is 10.7 Å². The number of benzene rings is 2. The number of nitrogens with one attached hydrogen (secondary N) is 2. The molecule has 6 nitrogen and oxygen atoms in total. The van der Waals surface area contributed by atoms with Crippen LogP contribution in [0, 0.1) is 6.92 Å². The fourth-order valence-electron chi connectivity index (χ4n) is 5.10. The van der Waals surface area contributed by atoms with Crippen LogP contribution >= 0.6 is 0 Å². The molecule has 32 heavy (non-hydrogen) atoms. The zero-order chi connectivity index (χ0) is 22.2. The molecule has 0 saturated heterocycles. The molecule has 2 aromatic carbocycles. The molecule has 1 aliphatic carbocycles. The molecule has 0 bridgehead atoms. The first-order valence-electron chi connectivity index (χ1n) is 11.4. The molecular formula is C25H30N4O2S. The summed E-state index contributed by atoms with van der Waals surface area (Å²) in [6, 6.07) is 17.6. The second-order valence-corrected chi connectivity index (χ2v) is 10.8. The second kappa shape index (κ2) is 8.46. The Balaban J connectivity index is 1.33. The molecule has 7 heteroatoms. The van der Waals surface area contributed by atoms with Crippen molar-refractivity contribution in [1.82, 2.24) is 19.8 Å². The van der Waals surface area contributed by atoms with Crippen LogP contribution in [0.3, 0.4) is 0 Å². The quantitative estimate of drug-likeness (QED) is 0.578. The van der Waals surface area contributed by atoms with Gasteiger partial charge < -0.3 is 5.32 Å². The minimum atomic E-state index is -3.50. The van der Waals surface area contributed by atoms with E-state index < -0.39 is 10.0 Å². The topological polar surface area (TPSA) is 76.0 Å². The third-order valence-electron chi connectivity index (χ3n) is 7.00. The van der Waals surface area contributed by atoms with E-state index in [0.29, 0.717) is 13.1 Å². The lowest BCUT2D eigenvalue weighted by molar-refractivity contribution is 0.161. The van der Waals surface area contributed by atoms with Gasteiger partial charge in [0, 0.05) is 18.2 Å². The summed E-state index contributed by atoms with van der Waals surface area (Å²) in [7, 11) is -3.50. The van der Waals surface area contributed by atoms with Crippen molar-refractivity contribution in [2.75, 3.05) is 13.1 Å². The van der Waals surface area contributed by atoms with Crippen LogP contribution in [0.1, 0.15) is 47.7 Å². The number of fused-ring (bicyclic) bond motifs is 1. The number of aryl methyl sites for hydroxylation is 1. The van der Waals surface area contributed by atoms with Crippen molar-refractivity contribution in [3.63, 3.8) is 0 Å². The lowest BCUT2D eigenvalue weighted by Gasteiger charge is -2.49. The molecule has 168 valence electrons. The Morgan fingerprint density at radius 2 is 1.88 bits per heavy atom. The number of hydrogen-bond donors (Lipinski definition) is 2. The minimum Gasteiger partial charge on any atom is -0.307 e. The molecule has 1 aliphatic heterocycles. The standard InChI is InChI=1S/C25H30N4O2S/c1-19-8-10-21(11-9-19)25(13-5-14-25)24-23-20(12-15-26-24)18-29(28-23)17-16-27-32(30,31)22-6-3-2-4-7-22/h2-4,6-11,18,24,26-27H,5,12-17H2,1H3. The highest BCUT2D eigenvalue weighted by atomic mass is 32.2. The van der Waals surface area contributed by atoms with Crippen LogP contribution in [0.15, 0.2) is 65.7 Å². The molecule has 1 fully saturated rings. The summed E-state index contributed by atoms with van der Waals surface area (Å²) in [5.74, 6) is 0. The summed E-state index contributed by atoms with van der Waals surface area (Å²) >= 11 is 0. The zero-order valence-electron chi connectivity index (χ0n) is 18.4. The zero-order valence-corrected chi connectivity index (χ0v) is 19.2. The molecule has 1 unspecified atom stereocenters. The van der Waals surface area contributed by atoms with Crippen LogP contribution in [0.4, 0.5) is 0 Å². The number of aromatic nitrogens is 2. The predicted molar refractivity (Wildman–Crippen MR) is 125 cm³/mol. The molecule has 1 saturated carbocycles. The lowest BCUT2D eigenvalue weighted by atomic mass is 9.58. The molecule has 1 atom stereocenters. The van der Waals surface area contributed by atoms with E-state index in [0.717, 1.165) is 31.5 Å². The van der Waals surface area contributed by atoms with Gasteiger partial charge >= 0.3 is 0 Å². The first-order chi connectivity index (χ1) is 15.5. The van der Waals surface area contributed by atoms with Gasteiger partial charge in [-0.15, -0.1) is 0 Å². The molecule has 2 aliphatic rings. The number of hydrogen-bond acceptors (Lipinski definition) is 4. The number of rotatable bonds is 7. The summed E-state index contributed by atoms with van der Waals surface area (Å²) < 4.78 is 29.6. The summed E-state index contributed by atoms with van der Waals surface area (Å²) in [6.07, 6.45) is 6.62. The third-order valence-corrected chi connectivity index (χ3v) is 8.47. The highest BCUT2D eigenvalue weighted by Gasteiger charge is 2.48. The van der Waals surface area contributed by atoms with E-state index in [2.05, 4.69) is 47.4 Å². The Morgan fingerprint density at radius 3 is 2.56 bits per heavy atom. The molecule has 2 heterocycles. The summed E-state index contributed by atoms with van der Waals surface area (Å²) in [5.41, 5.74) is 5.17. The van der Waals surface area contributed by atoms with Crippen LogP contribution < -0.4 is 10.0 Å². The minimum absolute atomic E-state index is 0.0942. The molecule has 0 radical (unpaired) electrons. The smallest absolute Gasteiger partial charge is 0.240 e. The van der Waals surface area contributed by atoms with Gasteiger partial charge in [-0.2, -0.15) is 5.10 Å². The Labute approximate surface area is 190 Å². The van der Waals surface area contributed by atoms with Gasteiger partial charge in [0.15, 0.2) is 0 Å². The number of sulfonamides is 1. The SMILES string of the molecule is Cc1ccc(C2(C3NCCc4cn(CCNS(=O)(=O)c5ccccc5)nc43)CCC2)cc1. The maximum atomic E-state index is 12.5. The first kappa shape index (κ1) is 21.4. The van der Waals surface area contributed by atoms with Crippen molar-refractivity contribution in [2.45, 2.75) is 55.5 Å². The summed E-state index contributed by atoms with van der Waals surface area (Å²) in [4.78, 5) is 0.286. The normalized spacial score (nSPS) is 19.8. The molecule has 3 aromatic rings. The largest absolute Gasteiger partial charge is 0.307 e. The van der Waals surface area contributed by atoms with Gasteiger partial charge in [-0.05, 0) is 56.0 Å². The maximum Gasteiger partial charge on any atom is 0.240 e. The molecular weight excluding hydrogens is 420 g/mol. The van der Waals surface area contributed by atoms with E-state index in [-0.39, 0.29) is 16.4 Å². The van der Waals surface area contributed by atoms with E-state index >= 15 is 0 Å². The number of nitrogens with zero attached hydrogens (tertiary/aromatic N) is 2. The molecule has 1 aromatic heterocycles. The second-order valence-electron chi connectivity index (χ2n) is 9.03. The van der Waals surface area contributed by atoms with Crippen molar-refractivity contribution in [2.24, 2.45) is 0 Å². The van der Waals surface area contributed by atoms with Crippen LogP contribution in [0.5, 0.6) is 0 Å². The van der Waals surface area contributed by atoms with Crippen molar-refractivity contribution in [1.29, 1.82) is 0 Å². The van der Waals surface area contributed by atoms with Crippen LogP contribution in [0.25, 0.3) is 0 Å². The van der Waals surface area contributed by atoms with E-state index in [1.54, 1.807) is 24.3 Å². The van der Waals surface area contributed by atoms with E-state index in [9.17, 15) is 8.42 Å². The van der Waals surface area contributed by atoms with Crippen LogP contribution in [0.2, 0.25) is 0 Å². The van der Waals surface area contributed by atoms with E-state index in [1.165, 1.54) is 23.1 Å². The maximum absolute atomic E-state index is 12.5. The fourth-order valence-corrected chi connectivity index (χ4v) is 6.14.